The molecular formula is C24H24N4O3. The third-order valence-electron chi connectivity index (χ3n) is 5.26. The fourth-order valence-corrected chi connectivity index (χ4v) is 3.66. The van der Waals surface area contributed by atoms with Gasteiger partial charge in [0.25, 0.3) is 5.91 Å². The molecule has 0 atom stereocenters. The molecule has 7 heteroatoms. The van der Waals surface area contributed by atoms with Gasteiger partial charge in [-0.15, -0.1) is 0 Å². The highest BCUT2D eigenvalue weighted by Crippen LogP contribution is 2.17. The van der Waals surface area contributed by atoms with Crippen LogP contribution < -0.4 is 15.7 Å². The first-order valence-corrected chi connectivity index (χ1v) is 10.1. The Hall–Kier alpha value is -3.87. The van der Waals surface area contributed by atoms with Crippen LogP contribution in [0.1, 0.15) is 21.5 Å². The molecule has 2 aromatic carbocycles. The second-order valence-electron chi connectivity index (χ2n) is 7.29. The van der Waals surface area contributed by atoms with Crippen molar-refractivity contribution in [2.45, 2.75) is 20.0 Å². The molecule has 7 nitrogen and oxygen atoms in total. The Kier molecular flexibility index (Phi) is 5.84. The van der Waals surface area contributed by atoms with E-state index in [4.69, 9.17) is 4.74 Å². The van der Waals surface area contributed by atoms with Gasteiger partial charge in [0.2, 0.25) is 0 Å². The lowest BCUT2D eigenvalue weighted by molar-refractivity contribution is 0.0951. The van der Waals surface area contributed by atoms with Crippen LogP contribution in [0.4, 0.5) is 0 Å². The number of hydrogen-bond acceptors (Lipinski definition) is 4. The van der Waals surface area contributed by atoms with Crippen molar-refractivity contribution < 1.29 is 9.53 Å². The molecule has 0 bridgehead atoms. The van der Waals surface area contributed by atoms with Crippen LogP contribution in [0.15, 0.2) is 71.7 Å². The molecule has 1 amide bonds. The number of pyridine rings is 1. The number of aryl methyl sites for hydroxylation is 1. The fraction of sp³-hybridized carbons (Fsp3) is 0.208. The van der Waals surface area contributed by atoms with Gasteiger partial charge in [0.1, 0.15) is 5.75 Å². The second-order valence-corrected chi connectivity index (χ2v) is 7.29. The maximum absolute atomic E-state index is 13.1. The molecule has 1 N–H and O–H groups in total. The minimum absolute atomic E-state index is 0.146. The molecule has 0 unspecified atom stereocenters. The van der Waals surface area contributed by atoms with Gasteiger partial charge in [-0.05, 0) is 48.4 Å². The zero-order valence-corrected chi connectivity index (χ0v) is 17.5. The molecule has 31 heavy (non-hydrogen) atoms. The predicted octanol–water partition coefficient (Wildman–Crippen LogP) is 2.99. The van der Waals surface area contributed by atoms with E-state index in [9.17, 15) is 9.59 Å². The van der Waals surface area contributed by atoms with Crippen LogP contribution in [0.3, 0.4) is 0 Å². The number of aromatic nitrogens is 3. The van der Waals surface area contributed by atoms with E-state index in [1.807, 2.05) is 55.5 Å². The first-order chi connectivity index (χ1) is 15.1. The number of ether oxygens (including phenoxy) is 1. The summed E-state index contributed by atoms with van der Waals surface area (Å²) < 4.78 is 8.51. The highest BCUT2D eigenvalue weighted by Gasteiger charge is 2.15. The van der Waals surface area contributed by atoms with E-state index in [2.05, 4.69) is 10.3 Å². The van der Waals surface area contributed by atoms with Crippen LogP contribution in [-0.2, 0) is 13.1 Å². The van der Waals surface area contributed by atoms with E-state index >= 15 is 0 Å². The summed E-state index contributed by atoms with van der Waals surface area (Å²) in [5.74, 6) is 0.520. The summed E-state index contributed by atoms with van der Waals surface area (Å²) in [6, 6.07) is 18.9. The Balaban J connectivity index is 1.53. The number of imidazole rings is 1. The van der Waals surface area contributed by atoms with Crippen LogP contribution in [0, 0.1) is 6.92 Å². The minimum atomic E-state index is -0.186. The SMILES string of the molecule is COc1ccc(C(=O)NCCn2c(=O)n(Cc3ccccc3)c3cccnc32)c(C)c1. The van der Waals surface area contributed by atoms with Gasteiger partial charge in [-0.1, -0.05) is 30.3 Å². The Morgan fingerprint density at radius 2 is 1.87 bits per heavy atom. The number of amides is 1. The largest absolute Gasteiger partial charge is 0.497 e. The number of nitrogens with zero attached hydrogens (tertiary/aromatic N) is 3. The van der Waals surface area contributed by atoms with Crippen molar-refractivity contribution >= 4 is 17.1 Å². The summed E-state index contributed by atoms with van der Waals surface area (Å²) >= 11 is 0. The number of fused-ring (bicyclic) bond motifs is 1. The van der Waals surface area contributed by atoms with Gasteiger partial charge in [-0.3, -0.25) is 13.9 Å². The first-order valence-electron chi connectivity index (χ1n) is 10.1. The van der Waals surface area contributed by atoms with E-state index in [1.54, 1.807) is 34.6 Å². The third kappa shape index (κ3) is 4.21. The summed E-state index contributed by atoms with van der Waals surface area (Å²) in [5.41, 5.74) is 3.68. The number of hydrogen-bond donors (Lipinski definition) is 1. The number of carbonyl (C=O) groups is 1. The lowest BCUT2D eigenvalue weighted by Crippen LogP contribution is -2.32. The standard InChI is InChI=1S/C24H24N4O3/c1-17-15-19(31-2)10-11-20(17)23(29)26-13-14-27-22-21(9-6-12-25-22)28(24(27)30)16-18-7-4-3-5-8-18/h3-12,15H,13-14,16H2,1-2H3,(H,26,29). The number of benzene rings is 2. The van der Waals surface area contributed by atoms with E-state index in [1.165, 1.54) is 0 Å². The molecule has 0 saturated heterocycles. The maximum Gasteiger partial charge on any atom is 0.330 e. The monoisotopic (exact) mass is 416 g/mol. The number of methoxy groups -OCH3 is 1. The van der Waals surface area contributed by atoms with Crippen LogP contribution in [0.2, 0.25) is 0 Å². The van der Waals surface area contributed by atoms with Crippen LogP contribution >= 0.6 is 0 Å². The van der Waals surface area contributed by atoms with Crippen molar-refractivity contribution in [2.75, 3.05) is 13.7 Å². The Morgan fingerprint density at radius 1 is 1.06 bits per heavy atom. The lowest BCUT2D eigenvalue weighted by Gasteiger charge is -2.09. The molecule has 0 aliphatic rings. The van der Waals surface area contributed by atoms with Crippen molar-refractivity contribution in [1.29, 1.82) is 0 Å². The normalized spacial score (nSPS) is 10.9. The fourth-order valence-electron chi connectivity index (χ4n) is 3.66. The molecular weight excluding hydrogens is 392 g/mol. The Morgan fingerprint density at radius 3 is 2.61 bits per heavy atom. The average molecular weight is 416 g/mol. The van der Waals surface area contributed by atoms with E-state index in [-0.39, 0.29) is 11.6 Å². The highest BCUT2D eigenvalue weighted by atomic mass is 16.5. The molecule has 0 saturated carbocycles. The average Bonchev–Trinajstić information content (AvgIpc) is 3.05. The maximum atomic E-state index is 13.1. The van der Waals surface area contributed by atoms with Crippen molar-refractivity contribution in [1.82, 2.24) is 19.4 Å². The third-order valence-corrected chi connectivity index (χ3v) is 5.26. The minimum Gasteiger partial charge on any atom is -0.497 e. The van der Waals surface area contributed by atoms with Gasteiger partial charge in [-0.25, -0.2) is 9.78 Å². The molecule has 2 heterocycles. The molecule has 0 aliphatic heterocycles. The summed E-state index contributed by atoms with van der Waals surface area (Å²) in [6.07, 6.45) is 1.67. The molecule has 0 fully saturated rings. The van der Waals surface area contributed by atoms with Gasteiger partial charge in [0.05, 0.1) is 19.2 Å². The molecule has 0 aliphatic carbocycles. The first kappa shape index (κ1) is 20.4. The quantitative estimate of drug-likeness (QED) is 0.502. The molecule has 4 aromatic rings. The van der Waals surface area contributed by atoms with Crippen LogP contribution in [-0.4, -0.2) is 33.7 Å². The number of carbonyl (C=O) groups excluding carboxylic acids is 1. The van der Waals surface area contributed by atoms with Crippen LogP contribution in [0.5, 0.6) is 5.75 Å². The number of nitrogens with one attached hydrogen (secondary N) is 1. The van der Waals surface area contributed by atoms with Gasteiger partial charge in [-0.2, -0.15) is 0 Å². The van der Waals surface area contributed by atoms with Gasteiger partial charge < -0.3 is 10.1 Å². The summed E-state index contributed by atoms with van der Waals surface area (Å²) in [5, 5.41) is 2.90. The second kappa shape index (κ2) is 8.87. The van der Waals surface area contributed by atoms with Gasteiger partial charge in [0, 0.05) is 24.8 Å². The predicted molar refractivity (Wildman–Crippen MR) is 120 cm³/mol. The van der Waals surface area contributed by atoms with Crippen LogP contribution in [0.25, 0.3) is 11.2 Å². The molecule has 0 radical (unpaired) electrons. The molecule has 4 rings (SSSR count). The Labute approximate surface area is 179 Å². The smallest absolute Gasteiger partial charge is 0.330 e. The van der Waals surface area contributed by atoms with Crippen molar-refractivity contribution in [3.05, 3.63) is 94.0 Å². The van der Waals surface area contributed by atoms with Crippen molar-refractivity contribution in [3.8, 4) is 5.75 Å². The highest BCUT2D eigenvalue weighted by molar-refractivity contribution is 5.95. The zero-order valence-electron chi connectivity index (χ0n) is 17.5. The van der Waals surface area contributed by atoms with Gasteiger partial charge in [0.15, 0.2) is 5.65 Å². The van der Waals surface area contributed by atoms with Crippen molar-refractivity contribution in [3.63, 3.8) is 0 Å². The topological polar surface area (TPSA) is 78.1 Å². The van der Waals surface area contributed by atoms with E-state index in [0.717, 1.165) is 16.6 Å². The molecule has 158 valence electrons. The summed E-state index contributed by atoms with van der Waals surface area (Å²) in [4.78, 5) is 30.1. The van der Waals surface area contributed by atoms with E-state index < -0.39 is 0 Å². The molecule has 0 spiro atoms. The molecule has 2 aromatic heterocycles. The van der Waals surface area contributed by atoms with Gasteiger partial charge >= 0.3 is 5.69 Å². The summed E-state index contributed by atoms with van der Waals surface area (Å²) in [7, 11) is 1.59. The van der Waals surface area contributed by atoms with Crippen molar-refractivity contribution in [2.24, 2.45) is 0 Å². The number of rotatable bonds is 7. The van der Waals surface area contributed by atoms with E-state index in [0.29, 0.717) is 36.6 Å². The lowest BCUT2D eigenvalue weighted by atomic mass is 10.1. The Bertz CT molecular complexity index is 1280. The summed E-state index contributed by atoms with van der Waals surface area (Å²) in [6.45, 7) is 2.97. The zero-order chi connectivity index (χ0) is 21.8.